The molecule has 2 aliphatic heterocycles. The number of hydrogen-bond donors (Lipinski definition) is 2. The van der Waals surface area contributed by atoms with E-state index in [4.69, 9.17) is 9.47 Å². The van der Waals surface area contributed by atoms with Crippen LogP contribution in [0.2, 0.25) is 0 Å². The van der Waals surface area contributed by atoms with Gasteiger partial charge in [0.2, 0.25) is 27.0 Å². The summed E-state index contributed by atoms with van der Waals surface area (Å²) in [5, 5.41) is 3.52. The molecule has 5 rings (SSSR count). The van der Waals surface area contributed by atoms with E-state index in [1.54, 1.807) is 28.2 Å². The highest BCUT2D eigenvalue weighted by Crippen LogP contribution is 2.31. The van der Waals surface area contributed by atoms with Crippen molar-refractivity contribution in [3.63, 3.8) is 0 Å². The summed E-state index contributed by atoms with van der Waals surface area (Å²) in [5.41, 5.74) is 1.02. The van der Waals surface area contributed by atoms with Gasteiger partial charge in [0.25, 0.3) is 0 Å². The quantitative estimate of drug-likeness (QED) is 0.431. The number of amides is 1. The van der Waals surface area contributed by atoms with Crippen LogP contribution in [-0.2, 0) is 21.2 Å². The van der Waals surface area contributed by atoms with Crippen LogP contribution in [0.1, 0.15) is 12.0 Å². The van der Waals surface area contributed by atoms with E-state index in [1.165, 1.54) is 0 Å². The van der Waals surface area contributed by atoms with Crippen LogP contribution in [0.25, 0.3) is 5.95 Å². The smallest absolute Gasteiger partial charge is 0.248 e. The van der Waals surface area contributed by atoms with Crippen LogP contribution in [0.5, 0.6) is 11.5 Å². The number of fused-ring (bicyclic) bond motifs is 1. The molecule has 4 heterocycles. The van der Waals surface area contributed by atoms with Crippen LogP contribution in [0.4, 0.5) is 5.13 Å². The summed E-state index contributed by atoms with van der Waals surface area (Å²) in [6.45, 7) is 1.78. The molecule has 2 unspecified atom stereocenters. The highest BCUT2D eigenvalue weighted by Gasteiger charge is 2.39. The van der Waals surface area contributed by atoms with E-state index in [0.717, 1.165) is 29.1 Å². The summed E-state index contributed by atoms with van der Waals surface area (Å²) in [7, 11) is -3.43. The summed E-state index contributed by atoms with van der Waals surface area (Å²) in [6.07, 6.45) is 6.99. The number of nitrogens with zero attached hydrogens (tertiary/aromatic N) is 5. The number of benzene rings is 1. The minimum Gasteiger partial charge on any atom is -0.486 e. The molecular formula is C21H25N7O5S2. The first-order valence-corrected chi connectivity index (χ1v) is 13.7. The molecule has 14 heteroatoms. The van der Waals surface area contributed by atoms with E-state index in [-0.39, 0.29) is 5.91 Å². The number of ether oxygens (including phenoxy) is 2. The third-order valence-electron chi connectivity index (χ3n) is 5.69. The lowest BCUT2D eigenvalue weighted by Gasteiger charge is -2.22. The fourth-order valence-electron chi connectivity index (χ4n) is 4.18. The van der Waals surface area contributed by atoms with Gasteiger partial charge in [0.1, 0.15) is 25.6 Å². The van der Waals surface area contributed by atoms with Crippen LogP contribution in [0.15, 0.2) is 36.9 Å². The van der Waals surface area contributed by atoms with Crippen molar-refractivity contribution < 1.29 is 22.7 Å². The first kappa shape index (κ1) is 23.5. The molecule has 0 spiro atoms. The van der Waals surface area contributed by atoms with Crippen LogP contribution in [0, 0.1) is 0 Å². The highest BCUT2D eigenvalue weighted by atomic mass is 32.2. The third-order valence-corrected chi connectivity index (χ3v) is 7.19. The first-order chi connectivity index (χ1) is 16.9. The first-order valence-electron chi connectivity index (χ1n) is 11.1. The Labute approximate surface area is 206 Å². The summed E-state index contributed by atoms with van der Waals surface area (Å²) in [4.78, 5) is 23.5. The Balaban J connectivity index is 1.26. The zero-order chi connectivity index (χ0) is 24.4. The van der Waals surface area contributed by atoms with Crippen molar-refractivity contribution in [2.75, 3.05) is 37.5 Å². The molecule has 0 radical (unpaired) electrons. The molecule has 2 atom stereocenters. The molecule has 186 valence electrons. The van der Waals surface area contributed by atoms with Gasteiger partial charge in [-0.2, -0.15) is 9.36 Å². The predicted molar refractivity (Wildman–Crippen MR) is 129 cm³/mol. The molecule has 1 aromatic carbocycles. The van der Waals surface area contributed by atoms with Crippen LogP contribution >= 0.6 is 11.5 Å². The summed E-state index contributed by atoms with van der Waals surface area (Å²) >= 11 is 1.15. The van der Waals surface area contributed by atoms with E-state index < -0.39 is 22.1 Å². The molecular weight excluding hydrogens is 494 g/mol. The topological polar surface area (TPSA) is 141 Å². The number of rotatable bonds is 8. The number of sulfonamides is 1. The van der Waals surface area contributed by atoms with Crippen LogP contribution in [-0.4, -0.2) is 77.9 Å². The normalized spacial score (nSPS) is 19.6. The van der Waals surface area contributed by atoms with Crippen LogP contribution < -0.4 is 24.4 Å². The van der Waals surface area contributed by atoms with Gasteiger partial charge in [0, 0.05) is 43.1 Å². The van der Waals surface area contributed by atoms with Crippen molar-refractivity contribution in [2.24, 2.45) is 0 Å². The number of anilines is 1. The van der Waals surface area contributed by atoms with Crippen molar-refractivity contribution in [1.82, 2.24) is 28.9 Å². The van der Waals surface area contributed by atoms with Gasteiger partial charge >= 0.3 is 0 Å². The molecule has 1 saturated heterocycles. The van der Waals surface area contributed by atoms with Crippen molar-refractivity contribution in [3.8, 4) is 17.4 Å². The zero-order valence-corrected chi connectivity index (χ0v) is 20.6. The Morgan fingerprint density at radius 3 is 2.86 bits per heavy atom. The molecule has 12 nitrogen and oxygen atoms in total. The number of hydrogen-bond acceptors (Lipinski definition) is 10. The maximum absolute atomic E-state index is 13.2. The Hall–Kier alpha value is -3.23. The van der Waals surface area contributed by atoms with E-state index in [0.29, 0.717) is 56.0 Å². The Kier molecular flexibility index (Phi) is 6.58. The van der Waals surface area contributed by atoms with Crippen molar-refractivity contribution >= 4 is 32.6 Å². The Morgan fingerprint density at radius 1 is 1.26 bits per heavy atom. The van der Waals surface area contributed by atoms with Crippen molar-refractivity contribution in [3.05, 3.63) is 42.5 Å². The van der Waals surface area contributed by atoms with Gasteiger partial charge in [-0.05, 0) is 30.5 Å². The molecule has 1 amide bonds. The molecule has 0 saturated carbocycles. The Morgan fingerprint density at radius 2 is 2.09 bits per heavy atom. The second-order valence-electron chi connectivity index (χ2n) is 8.36. The second kappa shape index (κ2) is 9.79. The monoisotopic (exact) mass is 519 g/mol. The lowest BCUT2D eigenvalue weighted by molar-refractivity contribution is -0.122. The number of carbonyl (C=O) groups is 1. The van der Waals surface area contributed by atoms with Gasteiger partial charge in [-0.1, -0.05) is 6.07 Å². The average molecular weight is 520 g/mol. The van der Waals surface area contributed by atoms with Gasteiger partial charge in [-0.25, -0.2) is 18.1 Å². The SMILES string of the molecule is CS(=O)(=O)NC1CC(C(=O)NCCc2ccc3c(c2)OCCO3)N(c2nc(-n3ccnc3)ns2)C1. The number of carbonyl (C=O) groups excluding carboxylic acids is 1. The van der Waals surface area contributed by atoms with Crippen molar-refractivity contribution in [1.29, 1.82) is 0 Å². The molecule has 0 bridgehead atoms. The van der Waals surface area contributed by atoms with Gasteiger partial charge in [0.15, 0.2) is 11.5 Å². The van der Waals surface area contributed by atoms with Gasteiger partial charge in [0.05, 0.1) is 6.26 Å². The molecule has 2 N–H and O–H groups in total. The summed E-state index contributed by atoms with van der Waals surface area (Å²) in [5.74, 6) is 1.68. The number of imidazole rings is 1. The number of aromatic nitrogens is 4. The Bertz CT molecular complexity index is 1300. The maximum atomic E-state index is 13.2. The third kappa shape index (κ3) is 5.55. The van der Waals surface area contributed by atoms with Gasteiger partial charge in [-0.3, -0.25) is 9.36 Å². The standard InChI is InChI=1S/C21H25N7O5S2/c1-35(30,31)26-15-11-16(28(12-15)21-24-20(25-34-21)27-7-6-22-13-27)19(29)23-5-4-14-2-3-17-18(10-14)33-9-8-32-17/h2-3,6-7,10,13,15-16,26H,4-5,8-9,11-12H2,1H3,(H,23,29). The second-order valence-corrected chi connectivity index (χ2v) is 10.9. The molecule has 35 heavy (non-hydrogen) atoms. The number of nitrogens with one attached hydrogen (secondary N) is 2. The lowest BCUT2D eigenvalue weighted by atomic mass is 10.1. The van der Waals surface area contributed by atoms with E-state index in [2.05, 4.69) is 24.4 Å². The lowest BCUT2D eigenvalue weighted by Crippen LogP contribution is -2.44. The zero-order valence-electron chi connectivity index (χ0n) is 19.0. The molecule has 2 aliphatic rings. The summed E-state index contributed by atoms with van der Waals surface area (Å²) < 4.78 is 43.4. The maximum Gasteiger partial charge on any atom is 0.248 e. The van der Waals surface area contributed by atoms with Gasteiger partial charge < -0.3 is 19.7 Å². The average Bonchev–Trinajstić information content (AvgIpc) is 3.58. The van der Waals surface area contributed by atoms with Crippen LogP contribution in [0.3, 0.4) is 0 Å². The fourth-order valence-corrected chi connectivity index (χ4v) is 5.69. The van der Waals surface area contributed by atoms with Gasteiger partial charge in [-0.15, -0.1) is 0 Å². The highest BCUT2D eigenvalue weighted by molar-refractivity contribution is 7.88. The van der Waals surface area contributed by atoms with E-state index in [1.807, 2.05) is 18.2 Å². The molecule has 2 aromatic heterocycles. The van der Waals surface area contributed by atoms with E-state index in [9.17, 15) is 13.2 Å². The fraction of sp³-hybridized carbons (Fsp3) is 0.429. The minimum atomic E-state index is -3.43. The molecule has 3 aromatic rings. The van der Waals surface area contributed by atoms with Crippen molar-refractivity contribution in [2.45, 2.75) is 24.9 Å². The predicted octanol–water partition coefficient (Wildman–Crippen LogP) is 0.350. The minimum absolute atomic E-state index is 0.195. The molecule has 0 aliphatic carbocycles. The largest absolute Gasteiger partial charge is 0.486 e. The van der Waals surface area contributed by atoms with E-state index >= 15 is 0 Å². The molecule has 1 fully saturated rings. The summed E-state index contributed by atoms with van der Waals surface area (Å²) in [6, 6.07) is 4.75.